The number of hydrogen-bond acceptors (Lipinski definition) is 3. The van der Waals surface area contributed by atoms with Crippen LogP contribution >= 0.6 is 12.2 Å². The van der Waals surface area contributed by atoms with Crippen molar-refractivity contribution >= 4 is 12.2 Å². The highest BCUT2D eigenvalue weighted by Crippen LogP contribution is 2.05. The zero-order valence-corrected chi connectivity index (χ0v) is 10.4. The van der Waals surface area contributed by atoms with Crippen molar-refractivity contribution in [2.75, 3.05) is 19.7 Å². The van der Waals surface area contributed by atoms with Crippen LogP contribution in [-0.2, 0) is 13.7 Å². The van der Waals surface area contributed by atoms with Gasteiger partial charge in [-0.15, -0.1) is 0 Å². The maximum atomic E-state index is 9.17. The summed E-state index contributed by atoms with van der Waals surface area (Å²) in [5, 5.41) is 13.4. The largest absolute Gasteiger partial charge is 0.396 e. The Kier molecular flexibility index (Phi) is 3.73. The number of nitrogens with one attached hydrogen (secondary N) is 1. The lowest BCUT2D eigenvalue weighted by Crippen LogP contribution is -3.13. The molecule has 16 heavy (non-hydrogen) atoms. The fourth-order valence-corrected chi connectivity index (χ4v) is 2.45. The quantitative estimate of drug-likeness (QED) is 0.683. The van der Waals surface area contributed by atoms with Crippen molar-refractivity contribution in [3.63, 3.8) is 0 Å². The lowest BCUT2D eigenvalue weighted by Gasteiger charge is -2.28. The summed E-state index contributed by atoms with van der Waals surface area (Å²) < 4.78 is 4.48. The van der Waals surface area contributed by atoms with Gasteiger partial charge >= 0.3 is 0 Å². The van der Waals surface area contributed by atoms with Crippen molar-refractivity contribution in [2.45, 2.75) is 19.5 Å². The van der Waals surface area contributed by atoms with Crippen molar-refractivity contribution in [3.8, 4) is 0 Å². The Morgan fingerprint density at radius 1 is 1.69 bits per heavy atom. The number of aliphatic hydroxyl groups is 1. The summed E-state index contributed by atoms with van der Waals surface area (Å²) in [4.78, 5) is 1.46. The van der Waals surface area contributed by atoms with Crippen molar-refractivity contribution in [1.82, 2.24) is 14.3 Å². The predicted molar refractivity (Wildman–Crippen MR) is 62.5 cm³/mol. The van der Waals surface area contributed by atoms with Crippen LogP contribution in [0.5, 0.6) is 0 Å². The maximum Gasteiger partial charge on any atom is 0.202 e. The van der Waals surface area contributed by atoms with E-state index in [9.17, 15) is 5.11 Å². The molecule has 1 fully saturated rings. The molecule has 1 unspecified atom stereocenters. The lowest BCUT2D eigenvalue weighted by atomic mass is 10.00. The SMILES string of the molecule is Cn1cnn(C[NH+]2CCC[C@@H](CO)C2)c1=S. The van der Waals surface area contributed by atoms with Crippen molar-refractivity contribution in [3.05, 3.63) is 11.1 Å². The topological polar surface area (TPSA) is 47.4 Å². The van der Waals surface area contributed by atoms with Crippen LogP contribution in [0.1, 0.15) is 12.8 Å². The van der Waals surface area contributed by atoms with Crippen molar-refractivity contribution in [2.24, 2.45) is 13.0 Å². The number of quaternary nitrogens is 1. The van der Waals surface area contributed by atoms with Crippen LogP contribution in [0, 0.1) is 10.7 Å². The Morgan fingerprint density at radius 3 is 3.12 bits per heavy atom. The molecule has 5 nitrogen and oxygen atoms in total. The molecular formula is C10H19N4OS+. The Balaban J connectivity index is 1.99. The number of likely N-dealkylation sites (tertiary alicyclic amines) is 1. The van der Waals surface area contributed by atoms with Gasteiger partial charge in [0.2, 0.25) is 4.77 Å². The first-order valence-corrected chi connectivity index (χ1v) is 6.14. The normalized spacial score (nSPS) is 25.9. The molecular weight excluding hydrogens is 224 g/mol. The summed E-state index contributed by atoms with van der Waals surface area (Å²) in [6.45, 7) is 3.29. The van der Waals surface area contributed by atoms with Gasteiger partial charge in [-0.2, -0.15) is 9.78 Å². The van der Waals surface area contributed by atoms with Gasteiger partial charge in [0.15, 0.2) is 6.67 Å². The van der Waals surface area contributed by atoms with Gasteiger partial charge in [0.25, 0.3) is 0 Å². The summed E-state index contributed by atoms with van der Waals surface area (Å²) in [5.74, 6) is 0.446. The summed E-state index contributed by atoms with van der Waals surface area (Å²) in [6, 6.07) is 0. The minimum absolute atomic E-state index is 0.303. The first-order valence-electron chi connectivity index (χ1n) is 5.73. The standard InChI is InChI=1S/C10H18N4OS/c1-12-7-11-14(10(12)16)8-13-4-2-3-9(5-13)6-15/h7,9,15H,2-6,8H2,1H3/p+1/t9-/m1/s1. The van der Waals surface area contributed by atoms with E-state index < -0.39 is 0 Å². The van der Waals surface area contributed by atoms with Gasteiger partial charge in [0.1, 0.15) is 6.33 Å². The molecule has 0 spiro atoms. The van der Waals surface area contributed by atoms with E-state index in [0.717, 1.165) is 31.0 Å². The van der Waals surface area contributed by atoms with Gasteiger partial charge in [-0.1, -0.05) is 0 Å². The van der Waals surface area contributed by atoms with E-state index in [4.69, 9.17) is 12.2 Å². The molecule has 1 saturated heterocycles. The maximum absolute atomic E-state index is 9.17. The highest BCUT2D eigenvalue weighted by molar-refractivity contribution is 7.71. The van der Waals surface area contributed by atoms with Crippen molar-refractivity contribution < 1.29 is 10.0 Å². The van der Waals surface area contributed by atoms with Gasteiger partial charge in [-0.05, 0) is 25.1 Å². The Morgan fingerprint density at radius 2 is 2.50 bits per heavy atom. The van der Waals surface area contributed by atoms with E-state index in [1.807, 2.05) is 16.3 Å². The molecule has 2 N–H and O–H groups in total. The van der Waals surface area contributed by atoms with E-state index in [1.54, 1.807) is 6.33 Å². The van der Waals surface area contributed by atoms with Crippen LogP contribution in [0.2, 0.25) is 0 Å². The molecule has 2 heterocycles. The molecule has 0 aromatic carbocycles. The number of nitrogens with zero attached hydrogens (tertiary/aromatic N) is 3. The smallest absolute Gasteiger partial charge is 0.202 e. The van der Waals surface area contributed by atoms with Gasteiger partial charge in [0, 0.05) is 13.0 Å². The molecule has 1 aliphatic rings. The minimum atomic E-state index is 0.303. The van der Waals surface area contributed by atoms with Gasteiger partial charge in [-0.3, -0.25) is 0 Å². The molecule has 0 bridgehead atoms. The van der Waals surface area contributed by atoms with Crippen LogP contribution in [0.15, 0.2) is 6.33 Å². The molecule has 2 rings (SSSR count). The second-order valence-electron chi connectivity index (χ2n) is 4.58. The summed E-state index contributed by atoms with van der Waals surface area (Å²) in [6.07, 6.45) is 4.07. The first kappa shape index (κ1) is 11.8. The molecule has 0 radical (unpaired) electrons. The molecule has 1 aromatic heterocycles. The van der Waals surface area contributed by atoms with E-state index in [1.165, 1.54) is 11.3 Å². The molecule has 90 valence electrons. The Bertz CT molecular complexity index is 400. The van der Waals surface area contributed by atoms with Crippen LogP contribution in [0.25, 0.3) is 0 Å². The summed E-state index contributed by atoms with van der Waals surface area (Å²) in [5.41, 5.74) is 0. The first-order chi connectivity index (χ1) is 7.70. The number of rotatable bonds is 3. The molecule has 0 aliphatic carbocycles. The fourth-order valence-electron chi connectivity index (χ4n) is 2.29. The molecule has 2 atom stereocenters. The number of aliphatic hydroxyl groups excluding tert-OH is 1. The van der Waals surface area contributed by atoms with Crippen LogP contribution in [-0.4, -0.2) is 39.2 Å². The monoisotopic (exact) mass is 243 g/mol. The van der Waals surface area contributed by atoms with E-state index in [2.05, 4.69) is 5.10 Å². The van der Waals surface area contributed by atoms with Crippen LogP contribution < -0.4 is 4.90 Å². The highest BCUT2D eigenvalue weighted by Gasteiger charge is 2.22. The van der Waals surface area contributed by atoms with E-state index in [-0.39, 0.29) is 0 Å². The fraction of sp³-hybridized carbons (Fsp3) is 0.800. The van der Waals surface area contributed by atoms with E-state index >= 15 is 0 Å². The summed E-state index contributed by atoms with van der Waals surface area (Å²) in [7, 11) is 1.91. The average molecular weight is 243 g/mol. The Labute approximate surface area is 100 Å². The minimum Gasteiger partial charge on any atom is -0.396 e. The lowest BCUT2D eigenvalue weighted by molar-refractivity contribution is -0.931. The van der Waals surface area contributed by atoms with Crippen LogP contribution in [0.3, 0.4) is 0 Å². The Hall–Kier alpha value is -0.720. The third kappa shape index (κ3) is 2.50. The van der Waals surface area contributed by atoms with Gasteiger partial charge in [-0.25, -0.2) is 0 Å². The van der Waals surface area contributed by atoms with Crippen LogP contribution in [0.4, 0.5) is 0 Å². The summed E-state index contributed by atoms with van der Waals surface area (Å²) >= 11 is 5.25. The van der Waals surface area contributed by atoms with E-state index in [0.29, 0.717) is 12.5 Å². The number of hydrogen-bond donors (Lipinski definition) is 2. The van der Waals surface area contributed by atoms with Gasteiger partial charge in [0.05, 0.1) is 19.7 Å². The zero-order valence-electron chi connectivity index (χ0n) is 9.59. The molecule has 1 aromatic rings. The average Bonchev–Trinajstić information content (AvgIpc) is 2.61. The van der Waals surface area contributed by atoms with Crippen molar-refractivity contribution in [1.29, 1.82) is 0 Å². The predicted octanol–water partition coefficient (Wildman–Crippen LogP) is -0.804. The molecule has 0 saturated carbocycles. The highest BCUT2D eigenvalue weighted by atomic mass is 32.1. The number of piperidine rings is 1. The third-order valence-electron chi connectivity index (χ3n) is 3.24. The van der Waals surface area contributed by atoms with Gasteiger partial charge < -0.3 is 14.6 Å². The number of aromatic nitrogens is 3. The molecule has 6 heteroatoms. The molecule has 1 aliphatic heterocycles. The zero-order chi connectivity index (χ0) is 11.5. The molecule has 0 amide bonds. The number of aryl methyl sites for hydroxylation is 1. The second kappa shape index (κ2) is 5.07. The third-order valence-corrected chi connectivity index (χ3v) is 3.74. The second-order valence-corrected chi connectivity index (χ2v) is 4.94.